The molecule has 0 radical (unpaired) electrons. The molecule has 0 fully saturated rings. The van der Waals surface area contributed by atoms with Gasteiger partial charge in [0.2, 0.25) is 0 Å². The lowest BCUT2D eigenvalue weighted by atomic mass is 10.2. The second-order valence-corrected chi connectivity index (χ2v) is 5.16. The first-order valence-corrected chi connectivity index (χ1v) is 6.55. The number of benzene rings is 1. The number of rotatable bonds is 3. The van der Waals surface area contributed by atoms with Crippen LogP contribution in [0.5, 0.6) is 0 Å². The van der Waals surface area contributed by atoms with Gasteiger partial charge in [-0.2, -0.15) is 0 Å². The van der Waals surface area contributed by atoms with Crippen LogP contribution in [0, 0.1) is 6.92 Å². The molecule has 2 N–H and O–H groups in total. The van der Waals surface area contributed by atoms with Crippen molar-refractivity contribution in [3.8, 4) is 0 Å². The molecular weight excluding hydrogens is 228 g/mol. The van der Waals surface area contributed by atoms with Crippen molar-refractivity contribution in [1.29, 1.82) is 0 Å². The molecule has 3 aromatic rings. The third-order valence-electron chi connectivity index (χ3n) is 2.97. The number of hydrogen-bond donors (Lipinski definition) is 2. The molecule has 0 aliphatic rings. The van der Waals surface area contributed by atoms with E-state index in [9.17, 15) is 0 Å². The summed E-state index contributed by atoms with van der Waals surface area (Å²) in [5.41, 5.74) is 3.72. The van der Waals surface area contributed by atoms with Crippen molar-refractivity contribution < 1.29 is 0 Å². The standard InChI is InChI=1S/C14H14N2S/c1-10-5-7-17-14(10)9-16-12-2-3-13-11(8-12)4-6-15-13/h2-8,15-16H,9H2,1H3. The van der Waals surface area contributed by atoms with Crippen molar-refractivity contribution in [2.24, 2.45) is 0 Å². The molecule has 0 spiro atoms. The summed E-state index contributed by atoms with van der Waals surface area (Å²) in [5.74, 6) is 0. The maximum atomic E-state index is 3.47. The van der Waals surface area contributed by atoms with Crippen molar-refractivity contribution in [2.75, 3.05) is 5.32 Å². The van der Waals surface area contributed by atoms with Crippen molar-refractivity contribution in [2.45, 2.75) is 13.5 Å². The van der Waals surface area contributed by atoms with Gasteiger partial charge in [0.05, 0.1) is 0 Å². The van der Waals surface area contributed by atoms with Gasteiger partial charge in [0.25, 0.3) is 0 Å². The van der Waals surface area contributed by atoms with Gasteiger partial charge < -0.3 is 10.3 Å². The molecule has 86 valence electrons. The zero-order valence-corrected chi connectivity index (χ0v) is 10.5. The first kappa shape index (κ1) is 10.4. The van der Waals surface area contributed by atoms with E-state index < -0.39 is 0 Å². The maximum absolute atomic E-state index is 3.47. The molecule has 0 saturated carbocycles. The SMILES string of the molecule is Cc1ccsc1CNc1ccc2[nH]ccc2c1. The van der Waals surface area contributed by atoms with Crippen LogP contribution in [0.4, 0.5) is 5.69 Å². The van der Waals surface area contributed by atoms with Crippen LogP contribution in [0.2, 0.25) is 0 Å². The fourth-order valence-corrected chi connectivity index (χ4v) is 2.78. The summed E-state index contributed by atoms with van der Waals surface area (Å²) in [4.78, 5) is 4.60. The van der Waals surface area contributed by atoms with Gasteiger partial charge in [0.1, 0.15) is 0 Å². The van der Waals surface area contributed by atoms with E-state index >= 15 is 0 Å². The molecule has 2 heterocycles. The van der Waals surface area contributed by atoms with E-state index in [1.54, 1.807) is 11.3 Å². The van der Waals surface area contributed by atoms with Crippen LogP contribution in [0.15, 0.2) is 41.9 Å². The summed E-state index contributed by atoms with van der Waals surface area (Å²) in [6, 6.07) is 10.7. The minimum absolute atomic E-state index is 0.902. The summed E-state index contributed by atoms with van der Waals surface area (Å²) in [5, 5.41) is 6.85. The Morgan fingerprint density at radius 1 is 1.24 bits per heavy atom. The number of aromatic nitrogens is 1. The molecule has 2 aromatic heterocycles. The Labute approximate surface area is 104 Å². The van der Waals surface area contributed by atoms with Gasteiger partial charge in [0.15, 0.2) is 0 Å². The van der Waals surface area contributed by atoms with E-state index in [2.05, 4.69) is 52.9 Å². The largest absolute Gasteiger partial charge is 0.380 e. The number of fused-ring (bicyclic) bond motifs is 1. The summed E-state index contributed by atoms with van der Waals surface area (Å²) in [7, 11) is 0. The maximum Gasteiger partial charge on any atom is 0.0496 e. The smallest absolute Gasteiger partial charge is 0.0496 e. The van der Waals surface area contributed by atoms with Gasteiger partial charge in [-0.15, -0.1) is 11.3 Å². The first-order chi connectivity index (χ1) is 8.33. The highest BCUT2D eigenvalue weighted by Gasteiger charge is 2.00. The quantitative estimate of drug-likeness (QED) is 0.709. The van der Waals surface area contributed by atoms with Crippen LogP contribution in [-0.2, 0) is 6.54 Å². The number of anilines is 1. The Morgan fingerprint density at radius 3 is 3.00 bits per heavy atom. The molecule has 3 heteroatoms. The van der Waals surface area contributed by atoms with Crippen LogP contribution in [0.3, 0.4) is 0 Å². The van der Waals surface area contributed by atoms with Gasteiger partial charge in [-0.3, -0.25) is 0 Å². The number of aromatic amines is 1. The molecular formula is C14H14N2S. The summed E-state index contributed by atoms with van der Waals surface area (Å²) in [6.45, 7) is 3.06. The molecule has 0 amide bonds. The van der Waals surface area contributed by atoms with Crippen LogP contribution in [0.25, 0.3) is 10.9 Å². The van der Waals surface area contributed by atoms with Crippen LogP contribution >= 0.6 is 11.3 Å². The average molecular weight is 242 g/mol. The average Bonchev–Trinajstić information content (AvgIpc) is 2.94. The molecule has 2 nitrogen and oxygen atoms in total. The van der Waals surface area contributed by atoms with Gasteiger partial charge in [-0.1, -0.05) is 0 Å². The van der Waals surface area contributed by atoms with Crippen molar-refractivity contribution >= 4 is 27.9 Å². The molecule has 0 aliphatic carbocycles. The van der Waals surface area contributed by atoms with Crippen LogP contribution in [-0.4, -0.2) is 4.98 Å². The second kappa shape index (κ2) is 4.26. The number of hydrogen-bond acceptors (Lipinski definition) is 2. The van der Waals surface area contributed by atoms with Gasteiger partial charge in [0, 0.05) is 34.2 Å². The third kappa shape index (κ3) is 2.06. The highest BCUT2D eigenvalue weighted by atomic mass is 32.1. The van der Waals surface area contributed by atoms with Crippen LogP contribution < -0.4 is 5.32 Å². The normalized spacial score (nSPS) is 10.9. The van der Waals surface area contributed by atoms with Crippen molar-refractivity contribution in [1.82, 2.24) is 4.98 Å². The molecule has 0 saturated heterocycles. The predicted molar refractivity (Wildman–Crippen MR) is 74.7 cm³/mol. The first-order valence-electron chi connectivity index (χ1n) is 5.67. The van der Waals surface area contributed by atoms with E-state index in [-0.39, 0.29) is 0 Å². The summed E-state index contributed by atoms with van der Waals surface area (Å²) >= 11 is 1.81. The van der Waals surface area contributed by atoms with E-state index in [1.165, 1.54) is 27.0 Å². The van der Waals surface area contributed by atoms with E-state index in [1.807, 2.05) is 6.20 Å². The fourth-order valence-electron chi connectivity index (χ4n) is 1.93. The second-order valence-electron chi connectivity index (χ2n) is 4.16. The number of H-pyrrole nitrogens is 1. The lowest BCUT2D eigenvalue weighted by molar-refractivity contribution is 1.17. The van der Waals surface area contributed by atoms with Crippen molar-refractivity contribution in [3.63, 3.8) is 0 Å². The summed E-state index contributed by atoms with van der Waals surface area (Å²) < 4.78 is 0. The third-order valence-corrected chi connectivity index (χ3v) is 4.00. The molecule has 1 aromatic carbocycles. The Balaban J connectivity index is 1.78. The highest BCUT2D eigenvalue weighted by Crippen LogP contribution is 2.20. The molecule has 0 aliphatic heterocycles. The van der Waals surface area contributed by atoms with Gasteiger partial charge in [-0.25, -0.2) is 0 Å². The fraction of sp³-hybridized carbons (Fsp3) is 0.143. The molecule has 0 atom stereocenters. The summed E-state index contributed by atoms with van der Waals surface area (Å²) in [6.07, 6.45) is 1.97. The van der Waals surface area contributed by atoms with E-state index in [0.29, 0.717) is 0 Å². The van der Waals surface area contributed by atoms with E-state index in [4.69, 9.17) is 0 Å². The zero-order chi connectivity index (χ0) is 11.7. The van der Waals surface area contributed by atoms with Crippen molar-refractivity contribution in [3.05, 3.63) is 52.3 Å². The Kier molecular flexibility index (Phi) is 2.61. The topological polar surface area (TPSA) is 27.8 Å². The zero-order valence-electron chi connectivity index (χ0n) is 9.66. The molecule has 0 bridgehead atoms. The van der Waals surface area contributed by atoms with E-state index in [0.717, 1.165) is 6.54 Å². The molecule has 17 heavy (non-hydrogen) atoms. The monoisotopic (exact) mass is 242 g/mol. The van der Waals surface area contributed by atoms with Crippen LogP contribution in [0.1, 0.15) is 10.4 Å². The Hall–Kier alpha value is -1.74. The Morgan fingerprint density at radius 2 is 2.18 bits per heavy atom. The Bertz CT molecular complexity index is 636. The number of nitrogens with one attached hydrogen (secondary N) is 2. The van der Waals surface area contributed by atoms with Gasteiger partial charge in [-0.05, 0) is 48.2 Å². The van der Waals surface area contributed by atoms with Gasteiger partial charge >= 0.3 is 0 Å². The number of aryl methyl sites for hydroxylation is 1. The number of thiophene rings is 1. The lowest BCUT2D eigenvalue weighted by Crippen LogP contribution is -1.98. The minimum atomic E-state index is 0.902. The molecule has 0 unspecified atom stereocenters. The predicted octanol–water partition coefficient (Wildman–Crippen LogP) is 4.15. The molecule has 3 rings (SSSR count). The highest BCUT2D eigenvalue weighted by molar-refractivity contribution is 7.10. The lowest BCUT2D eigenvalue weighted by Gasteiger charge is -2.06. The minimum Gasteiger partial charge on any atom is -0.380 e.